The van der Waals surface area contributed by atoms with Gasteiger partial charge in [-0.2, -0.15) is 0 Å². The van der Waals surface area contributed by atoms with E-state index in [0.29, 0.717) is 31.1 Å². The highest BCUT2D eigenvalue weighted by Crippen LogP contribution is 2.41. The van der Waals surface area contributed by atoms with Gasteiger partial charge in [-0.05, 0) is 54.7 Å². The van der Waals surface area contributed by atoms with Crippen molar-refractivity contribution in [1.82, 2.24) is 5.32 Å². The van der Waals surface area contributed by atoms with Crippen molar-refractivity contribution in [2.45, 2.75) is 52.1 Å². The normalized spacial score (nSPS) is 26.5. The molecule has 1 amide bonds. The predicted octanol–water partition coefficient (Wildman–Crippen LogP) is 2.88. The topological polar surface area (TPSA) is 78.8 Å². The van der Waals surface area contributed by atoms with Crippen molar-refractivity contribution in [2.75, 3.05) is 13.7 Å². The number of nitrogens with one attached hydrogen (secondary N) is 1. The van der Waals surface area contributed by atoms with E-state index in [2.05, 4.69) is 26.1 Å². The molecule has 5 nitrogen and oxygen atoms in total. The highest BCUT2D eigenvalue weighted by Gasteiger charge is 2.48. The third-order valence-electron chi connectivity index (χ3n) is 5.38. The van der Waals surface area contributed by atoms with Gasteiger partial charge < -0.3 is 20.3 Å². The molecule has 0 heterocycles. The Kier molecular flexibility index (Phi) is 6.33. The van der Waals surface area contributed by atoms with Gasteiger partial charge in [0.15, 0.2) is 11.5 Å². The van der Waals surface area contributed by atoms with E-state index < -0.39 is 5.60 Å². The summed E-state index contributed by atoms with van der Waals surface area (Å²) < 4.78 is 5.03. The quantitative estimate of drug-likeness (QED) is 0.738. The number of hydrogen-bond acceptors (Lipinski definition) is 4. The lowest BCUT2D eigenvalue weighted by molar-refractivity contribution is -0.155. The van der Waals surface area contributed by atoms with E-state index in [1.165, 1.54) is 7.11 Å². The molecule has 0 bridgehead atoms. The van der Waals surface area contributed by atoms with Gasteiger partial charge in [-0.15, -0.1) is 0 Å². The van der Waals surface area contributed by atoms with Gasteiger partial charge in [-0.25, -0.2) is 0 Å². The maximum atomic E-state index is 12.7. The van der Waals surface area contributed by atoms with Crippen LogP contribution in [0.4, 0.5) is 0 Å². The van der Waals surface area contributed by atoms with Crippen LogP contribution in [0.5, 0.6) is 11.5 Å². The van der Waals surface area contributed by atoms with E-state index >= 15 is 0 Å². The molecule has 0 spiro atoms. The molecule has 1 aromatic carbocycles. The fourth-order valence-electron chi connectivity index (χ4n) is 4.00. The minimum Gasteiger partial charge on any atom is -0.504 e. The fraction of sp³-hybridized carbons (Fsp3) is 0.650. The van der Waals surface area contributed by atoms with Crippen LogP contribution in [-0.4, -0.2) is 35.4 Å². The van der Waals surface area contributed by atoms with Crippen LogP contribution in [0.15, 0.2) is 18.2 Å². The smallest absolute Gasteiger partial charge is 0.252 e. The molecule has 140 valence electrons. The zero-order valence-corrected chi connectivity index (χ0v) is 15.7. The number of carbonyl (C=O) groups excluding carboxylic acids is 1. The van der Waals surface area contributed by atoms with Gasteiger partial charge in [-0.3, -0.25) is 4.79 Å². The second kappa shape index (κ2) is 8.09. The maximum absolute atomic E-state index is 12.7. The molecule has 0 radical (unpaired) electrons. The van der Waals surface area contributed by atoms with Gasteiger partial charge in [-0.1, -0.05) is 33.3 Å². The van der Waals surface area contributed by atoms with Crippen LogP contribution in [0.2, 0.25) is 0 Å². The van der Waals surface area contributed by atoms with Gasteiger partial charge in [0.1, 0.15) is 5.60 Å². The third kappa shape index (κ3) is 4.46. The third-order valence-corrected chi connectivity index (χ3v) is 5.38. The zero-order valence-electron chi connectivity index (χ0n) is 15.7. The molecule has 0 unspecified atom stereocenters. The van der Waals surface area contributed by atoms with E-state index in [1.54, 1.807) is 12.1 Å². The Bertz CT molecular complexity index is 601. The van der Waals surface area contributed by atoms with Crippen molar-refractivity contribution < 1.29 is 19.7 Å². The number of hydrogen-bond donors (Lipinski definition) is 3. The largest absolute Gasteiger partial charge is 0.504 e. The van der Waals surface area contributed by atoms with Crippen molar-refractivity contribution in [1.29, 1.82) is 0 Å². The number of aromatic hydroxyl groups is 1. The van der Waals surface area contributed by atoms with E-state index in [0.717, 1.165) is 18.4 Å². The van der Waals surface area contributed by atoms with Gasteiger partial charge in [0.05, 0.1) is 7.11 Å². The summed E-state index contributed by atoms with van der Waals surface area (Å²) in [6, 6.07) is 5.20. The molecular formula is C20H31NO4. The first-order chi connectivity index (χ1) is 11.8. The van der Waals surface area contributed by atoms with E-state index in [9.17, 15) is 15.0 Å². The first kappa shape index (κ1) is 19.6. The molecule has 1 fully saturated rings. The zero-order chi connectivity index (χ0) is 18.6. The molecule has 3 N–H and O–H groups in total. The van der Waals surface area contributed by atoms with E-state index in [4.69, 9.17) is 4.74 Å². The number of benzene rings is 1. The van der Waals surface area contributed by atoms with Crippen LogP contribution in [0, 0.1) is 17.8 Å². The fourth-order valence-corrected chi connectivity index (χ4v) is 4.00. The van der Waals surface area contributed by atoms with Crippen molar-refractivity contribution in [3.8, 4) is 11.5 Å². The Labute approximate surface area is 150 Å². The van der Waals surface area contributed by atoms with E-state index in [1.807, 2.05) is 6.07 Å². The van der Waals surface area contributed by atoms with Crippen LogP contribution >= 0.6 is 0 Å². The molecule has 1 aliphatic rings. The summed E-state index contributed by atoms with van der Waals surface area (Å²) in [6.07, 6.45) is 3.05. The lowest BCUT2D eigenvalue weighted by Gasteiger charge is -2.43. The van der Waals surface area contributed by atoms with Crippen molar-refractivity contribution in [3.63, 3.8) is 0 Å². The number of methoxy groups -OCH3 is 1. The number of phenols is 1. The Morgan fingerprint density at radius 3 is 2.72 bits per heavy atom. The number of ether oxygens (including phenoxy) is 1. The number of amides is 1. The lowest BCUT2D eigenvalue weighted by Crippen LogP contribution is -2.56. The lowest BCUT2D eigenvalue weighted by atomic mass is 9.66. The summed E-state index contributed by atoms with van der Waals surface area (Å²) in [5, 5.41) is 23.8. The molecule has 25 heavy (non-hydrogen) atoms. The van der Waals surface area contributed by atoms with Crippen LogP contribution in [0.3, 0.4) is 0 Å². The Balaban J connectivity index is 1.97. The Morgan fingerprint density at radius 1 is 1.40 bits per heavy atom. The molecule has 0 saturated heterocycles. The van der Waals surface area contributed by atoms with Crippen molar-refractivity contribution in [3.05, 3.63) is 23.8 Å². The molecule has 3 atom stereocenters. The summed E-state index contributed by atoms with van der Waals surface area (Å²) in [5.74, 6) is 0.860. The minimum atomic E-state index is -1.28. The first-order valence-corrected chi connectivity index (χ1v) is 9.14. The average Bonchev–Trinajstić information content (AvgIpc) is 2.54. The number of aliphatic hydroxyl groups is 1. The maximum Gasteiger partial charge on any atom is 0.252 e. The highest BCUT2D eigenvalue weighted by molar-refractivity contribution is 5.85. The molecule has 2 rings (SSSR count). The molecule has 1 saturated carbocycles. The predicted molar refractivity (Wildman–Crippen MR) is 97.7 cm³/mol. The number of rotatable bonds is 6. The second-order valence-electron chi connectivity index (χ2n) is 7.67. The van der Waals surface area contributed by atoms with Crippen LogP contribution in [0.1, 0.15) is 45.6 Å². The van der Waals surface area contributed by atoms with Gasteiger partial charge >= 0.3 is 0 Å². The van der Waals surface area contributed by atoms with Crippen LogP contribution < -0.4 is 10.1 Å². The summed E-state index contributed by atoms with van der Waals surface area (Å²) in [7, 11) is 1.51. The van der Waals surface area contributed by atoms with Gasteiger partial charge in [0.2, 0.25) is 0 Å². The molecule has 5 heteroatoms. The van der Waals surface area contributed by atoms with Crippen molar-refractivity contribution in [2.24, 2.45) is 17.8 Å². The highest BCUT2D eigenvalue weighted by atomic mass is 16.5. The molecule has 0 aliphatic heterocycles. The average molecular weight is 349 g/mol. The minimum absolute atomic E-state index is 0.00580. The summed E-state index contributed by atoms with van der Waals surface area (Å²) in [5.41, 5.74) is -0.378. The van der Waals surface area contributed by atoms with Crippen LogP contribution in [-0.2, 0) is 11.2 Å². The second-order valence-corrected chi connectivity index (χ2v) is 7.67. The monoisotopic (exact) mass is 349 g/mol. The molecular weight excluding hydrogens is 318 g/mol. The molecule has 1 aromatic rings. The number of phenolic OH excluding ortho intramolecular Hbond substituents is 1. The van der Waals surface area contributed by atoms with Crippen molar-refractivity contribution >= 4 is 5.91 Å². The van der Waals surface area contributed by atoms with E-state index in [-0.39, 0.29) is 23.5 Å². The number of carbonyl (C=O) groups is 1. The van der Waals surface area contributed by atoms with Gasteiger partial charge in [0, 0.05) is 6.54 Å². The van der Waals surface area contributed by atoms with Crippen LogP contribution in [0.25, 0.3) is 0 Å². The summed E-state index contributed by atoms with van der Waals surface area (Å²) >= 11 is 0. The first-order valence-electron chi connectivity index (χ1n) is 9.14. The Hall–Kier alpha value is -1.75. The SMILES string of the molecule is COc1ccc(CCNC(=O)[C@]2(O)C[C@H](C)CC[C@H]2C(C)C)cc1O. The van der Waals surface area contributed by atoms with Gasteiger partial charge in [0.25, 0.3) is 5.91 Å². The molecule has 1 aliphatic carbocycles. The standard InChI is InChI=1S/C20H31NO4/c1-13(2)16-7-5-14(3)12-20(16,24)19(23)21-10-9-15-6-8-18(25-4)17(22)11-15/h6,8,11,13-14,16,22,24H,5,7,9-10,12H2,1-4H3,(H,21,23)/t14-,16+,20+/m1/s1. The Morgan fingerprint density at radius 2 is 2.12 bits per heavy atom. The summed E-state index contributed by atoms with van der Waals surface area (Å²) in [4.78, 5) is 12.7. The molecule has 0 aromatic heterocycles. The summed E-state index contributed by atoms with van der Waals surface area (Å²) in [6.45, 7) is 6.65.